The van der Waals surface area contributed by atoms with E-state index >= 15 is 0 Å². The maximum absolute atomic E-state index is 12.5. The Kier molecular flexibility index (Phi) is 8.86. The van der Waals surface area contributed by atoms with Gasteiger partial charge in [0.25, 0.3) is 0 Å². The number of amides is 1. The molecule has 0 aliphatic carbocycles. The summed E-state index contributed by atoms with van der Waals surface area (Å²) in [6.45, 7) is 7.29. The molecule has 1 saturated heterocycles. The molecule has 0 aromatic heterocycles. The van der Waals surface area contributed by atoms with Crippen molar-refractivity contribution in [2.45, 2.75) is 20.0 Å². The number of β-amino-alcohol motifs (C(OH)–C–C–N with tert-alkyl or cyclic N) is 1. The third-order valence-electron chi connectivity index (χ3n) is 5.52. The maximum Gasteiger partial charge on any atom is 0.446 e. The second-order valence-corrected chi connectivity index (χ2v) is 9.34. The average molecular weight is 494 g/mol. The summed E-state index contributed by atoms with van der Waals surface area (Å²) in [5.41, 5.74) is 2.92. The number of ether oxygens (including phenoxy) is 1. The van der Waals surface area contributed by atoms with Gasteiger partial charge in [-0.15, -0.1) is 0 Å². The average Bonchev–Trinajstić information content (AvgIpc) is 2.76. The fourth-order valence-electron chi connectivity index (χ4n) is 3.81. The largest absolute Gasteiger partial charge is 0.487 e. The molecule has 186 valence electrons. The molecule has 0 saturated carbocycles. The van der Waals surface area contributed by atoms with Gasteiger partial charge < -0.3 is 19.3 Å². The quantitative estimate of drug-likeness (QED) is 0.422. The van der Waals surface area contributed by atoms with Crippen molar-refractivity contribution in [1.29, 1.82) is 0 Å². The third kappa shape index (κ3) is 7.96. The molecule has 1 aliphatic heterocycles. The van der Waals surface area contributed by atoms with Gasteiger partial charge in [-0.1, -0.05) is 30.3 Å². The summed E-state index contributed by atoms with van der Waals surface area (Å²) < 4.78 is 40.8. The zero-order valence-electron chi connectivity index (χ0n) is 19.3. The van der Waals surface area contributed by atoms with E-state index in [9.17, 15) is 18.3 Å². The maximum atomic E-state index is 12.5. The SMILES string of the molecule is Cc1cccc(C)c1NC(=O)CN1CCN(CC(O)COc2ccccc2OS(=O)(=O)O)CC1. The van der Waals surface area contributed by atoms with E-state index in [0.29, 0.717) is 39.3 Å². The molecule has 10 nitrogen and oxygen atoms in total. The molecule has 1 atom stereocenters. The first kappa shape index (κ1) is 25.9. The molecule has 1 fully saturated rings. The number of nitrogens with zero attached hydrogens (tertiary/aromatic N) is 2. The van der Waals surface area contributed by atoms with Gasteiger partial charge in [0.2, 0.25) is 5.91 Å². The van der Waals surface area contributed by atoms with Crippen molar-refractivity contribution in [2.24, 2.45) is 0 Å². The topological polar surface area (TPSA) is 129 Å². The van der Waals surface area contributed by atoms with Crippen LogP contribution in [0.25, 0.3) is 0 Å². The second-order valence-electron chi connectivity index (χ2n) is 8.31. The Hall–Kier alpha value is -2.70. The molecule has 3 N–H and O–H groups in total. The van der Waals surface area contributed by atoms with E-state index in [1.54, 1.807) is 6.07 Å². The number of hydrogen-bond acceptors (Lipinski definition) is 8. The van der Waals surface area contributed by atoms with Gasteiger partial charge in [0, 0.05) is 38.4 Å². The number of para-hydroxylation sites is 3. The number of piperazine rings is 1. The van der Waals surface area contributed by atoms with Gasteiger partial charge in [0.15, 0.2) is 11.5 Å². The van der Waals surface area contributed by atoms with Gasteiger partial charge >= 0.3 is 10.4 Å². The fourth-order valence-corrected chi connectivity index (χ4v) is 4.18. The van der Waals surface area contributed by atoms with Gasteiger partial charge in [0.05, 0.1) is 6.54 Å². The molecule has 0 bridgehead atoms. The summed E-state index contributed by atoms with van der Waals surface area (Å²) in [7, 11) is -4.68. The minimum absolute atomic E-state index is 0.0509. The van der Waals surface area contributed by atoms with Crippen LogP contribution in [0.5, 0.6) is 11.5 Å². The number of aryl methyl sites for hydroxylation is 2. The molecule has 34 heavy (non-hydrogen) atoms. The first-order valence-corrected chi connectivity index (χ1v) is 12.3. The predicted octanol–water partition coefficient (Wildman–Crippen LogP) is 1.48. The molecular weight excluding hydrogens is 462 g/mol. The molecule has 1 aliphatic rings. The monoisotopic (exact) mass is 493 g/mol. The predicted molar refractivity (Wildman–Crippen MR) is 128 cm³/mol. The van der Waals surface area contributed by atoms with E-state index in [4.69, 9.17) is 9.29 Å². The minimum Gasteiger partial charge on any atom is -0.487 e. The van der Waals surface area contributed by atoms with Crippen LogP contribution in [0.15, 0.2) is 42.5 Å². The van der Waals surface area contributed by atoms with Crippen LogP contribution in [-0.2, 0) is 15.2 Å². The van der Waals surface area contributed by atoms with Gasteiger partial charge in [-0.3, -0.25) is 19.1 Å². The van der Waals surface area contributed by atoms with E-state index in [0.717, 1.165) is 16.8 Å². The highest BCUT2D eigenvalue weighted by Crippen LogP contribution is 2.27. The summed E-state index contributed by atoms with van der Waals surface area (Å²) in [5, 5.41) is 13.4. The first-order valence-electron chi connectivity index (χ1n) is 11.0. The van der Waals surface area contributed by atoms with Crippen LogP contribution >= 0.6 is 0 Å². The fraction of sp³-hybridized carbons (Fsp3) is 0.435. The number of rotatable bonds is 10. The lowest BCUT2D eigenvalue weighted by Crippen LogP contribution is -2.50. The van der Waals surface area contributed by atoms with Crippen molar-refractivity contribution in [3.05, 3.63) is 53.6 Å². The highest BCUT2D eigenvalue weighted by Gasteiger charge is 2.22. The number of nitrogens with one attached hydrogen (secondary N) is 1. The van der Waals surface area contributed by atoms with Crippen LogP contribution in [0, 0.1) is 13.8 Å². The number of carbonyl (C=O) groups excluding carboxylic acids is 1. The van der Waals surface area contributed by atoms with Crippen molar-refractivity contribution in [1.82, 2.24) is 9.80 Å². The summed E-state index contributed by atoms with van der Waals surface area (Å²) in [6.07, 6.45) is -0.822. The molecule has 1 heterocycles. The summed E-state index contributed by atoms with van der Waals surface area (Å²) >= 11 is 0. The summed E-state index contributed by atoms with van der Waals surface area (Å²) in [4.78, 5) is 16.6. The highest BCUT2D eigenvalue weighted by molar-refractivity contribution is 7.81. The number of hydrogen-bond donors (Lipinski definition) is 3. The van der Waals surface area contributed by atoms with Crippen molar-refractivity contribution < 1.29 is 31.8 Å². The van der Waals surface area contributed by atoms with E-state index in [-0.39, 0.29) is 24.0 Å². The first-order chi connectivity index (χ1) is 16.1. The van der Waals surface area contributed by atoms with Crippen molar-refractivity contribution in [3.8, 4) is 11.5 Å². The van der Waals surface area contributed by atoms with Gasteiger partial charge in [0.1, 0.15) is 12.7 Å². The zero-order valence-corrected chi connectivity index (χ0v) is 20.1. The Bertz CT molecular complexity index is 1070. The van der Waals surface area contributed by atoms with Crippen LogP contribution in [-0.4, -0.2) is 85.8 Å². The molecular formula is C23H31N3O7S. The highest BCUT2D eigenvalue weighted by atomic mass is 32.3. The minimum atomic E-state index is -4.68. The molecule has 0 spiro atoms. The lowest BCUT2D eigenvalue weighted by atomic mass is 10.1. The summed E-state index contributed by atoms with van der Waals surface area (Å²) in [5.74, 6) is -0.117. The second kappa shape index (κ2) is 11.6. The Labute approximate surface area is 200 Å². The number of benzene rings is 2. The number of aliphatic hydroxyl groups is 1. The van der Waals surface area contributed by atoms with Crippen LogP contribution < -0.4 is 14.2 Å². The smallest absolute Gasteiger partial charge is 0.446 e. The molecule has 11 heteroatoms. The van der Waals surface area contributed by atoms with Gasteiger partial charge in [-0.05, 0) is 37.1 Å². The Morgan fingerprint density at radius 1 is 1.00 bits per heavy atom. The molecule has 1 amide bonds. The molecule has 3 rings (SSSR count). The Morgan fingerprint density at radius 3 is 2.21 bits per heavy atom. The Balaban J connectivity index is 1.41. The van der Waals surface area contributed by atoms with Crippen LogP contribution in [0.1, 0.15) is 11.1 Å². The Morgan fingerprint density at radius 2 is 1.59 bits per heavy atom. The van der Waals surface area contributed by atoms with Crippen molar-refractivity contribution in [2.75, 3.05) is 51.2 Å². The normalized spacial score (nSPS) is 16.1. The van der Waals surface area contributed by atoms with E-state index in [1.807, 2.05) is 32.0 Å². The summed E-state index contributed by atoms with van der Waals surface area (Å²) in [6, 6.07) is 11.9. The van der Waals surface area contributed by atoms with E-state index in [2.05, 4.69) is 19.3 Å². The molecule has 2 aromatic carbocycles. The number of anilines is 1. The van der Waals surface area contributed by atoms with Gasteiger partial charge in [-0.2, -0.15) is 8.42 Å². The van der Waals surface area contributed by atoms with Crippen molar-refractivity contribution >= 4 is 22.0 Å². The van der Waals surface area contributed by atoms with Crippen LogP contribution in [0.3, 0.4) is 0 Å². The van der Waals surface area contributed by atoms with Crippen LogP contribution in [0.2, 0.25) is 0 Å². The van der Waals surface area contributed by atoms with Crippen molar-refractivity contribution in [3.63, 3.8) is 0 Å². The lowest BCUT2D eigenvalue weighted by molar-refractivity contribution is -0.117. The zero-order chi connectivity index (χ0) is 24.7. The third-order valence-corrected chi connectivity index (χ3v) is 5.91. The number of carbonyl (C=O) groups is 1. The van der Waals surface area contributed by atoms with E-state index in [1.165, 1.54) is 18.2 Å². The lowest BCUT2D eigenvalue weighted by Gasteiger charge is -2.35. The van der Waals surface area contributed by atoms with Gasteiger partial charge in [-0.25, -0.2) is 0 Å². The molecule has 1 unspecified atom stereocenters. The number of aliphatic hydroxyl groups excluding tert-OH is 1. The standard InChI is InChI=1S/C23H31N3O7S/c1-17-6-5-7-18(2)23(17)24-22(28)15-26-12-10-25(11-13-26)14-19(27)16-32-20-8-3-4-9-21(20)33-34(29,30)31/h3-9,19,27H,10-16H2,1-2H3,(H,24,28)(H,29,30,31). The van der Waals surface area contributed by atoms with Crippen LogP contribution in [0.4, 0.5) is 5.69 Å². The van der Waals surface area contributed by atoms with E-state index < -0.39 is 16.5 Å². The molecule has 0 radical (unpaired) electrons. The molecule has 2 aromatic rings.